The lowest BCUT2D eigenvalue weighted by molar-refractivity contribution is 0.460. The summed E-state index contributed by atoms with van der Waals surface area (Å²) in [6.45, 7) is 0. The normalized spacial score (nSPS) is 10.0. The van der Waals surface area contributed by atoms with Crippen molar-refractivity contribution in [1.82, 2.24) is 0 Å². The van der Waals surface area contributed by atoms with Crippen molar-refractivity contribution in [2.24, 2.45) is 0 Å². The zero-order chi connectivity index (χ0) is 20.8. The van der Waals surface area contributed by atoms with E-state index in [9.17, 15) is 0 Å². The minimum atomic E-state index is 0.616. The summed E-state index contributed by atoms with van der Waals surface area (Å²) in [4.78, 5) is 0. The standard InChI is InChI=1S/C26H20N2O2/c27-21-8-12-23(13-9-21)29-25-16-20(7-6-19-4-2-1-3-5-19)17-26(18-25)30-24-14-10-22(28)11-15-24/h1-5,8-18H,27-28H2. The van der Waals surface area contributed by atoms with Gasteiger partial charge in [0.1, 0.15) is 23.0 Å². The number of rotatable bonds is 4. The van der Waals surface area contributed by atoms with Crippen LogP contribution in [0.25, 0.3) is 0 Å². The van der Waals surface area contributed by atoms with Gasteiger partial charge in [0, 0.05) is 28.6 Å². The molecule has 0 spiro atoms. The smallest absolute Gasteiger partial charge is 0.132 e. The largest absolute Gasteiger partial charge is 0.457 e. The molecule has 0 unspecified atom stereocenters. The minimum absolute atomic E-state index is 0.616. The van der Waals surface area contributed by atoms with E-state index in [0.717, 1.165) is 11.1 Å². The minimum Gasteiger partial charge on any atom is -0.457 e. The molecule has 0 amide bonds. The van der Waals surface area contributed by atoms with E-state index in [1.54, 1.807) is 24.3 Å². The third-order valence-corrected chi connectivity index (χ3v) is 4.24. The zero-order valence-electron chi connectivity index (χ0n) is 16.2. The fraction of sp³-hybridized carbons (Fsp3) is 0. The Balaban J connectivity index is 1.66. The van der Waals surface area contributed by atoms with Crippen LogP contribution >= 0.6 is 0 Å². The van der Waals surface area contributed by atoms with Gasteiger partial charge in [-0.25, -0.2) is 0 Å². The summed E-state index contributed by atoms with van der Waals surface area (Å²) in [5, 5.41) is 0. The Hall–Kier alpha value is -4.36. The fourth-order valence-electron chi connectivity index (χ4n) is 2.77. The molecule has 0 heterocycles. The first-order chi connectivity index (χ1) is 14.6. The van der Waals surface area contributed by atoms with Crippen molar-refractivity contribution in [3.8, 4) is 34.8 Å². The summed E-state index contributed by atoms with van der Waals surface area (Å²) in [6, 6.07) is 29.8. The van der Waals surface area contributed by atoms with E-state index >= 15 is 0 Å². The number of hydrogen-bond acceptors (Lipinski definition) is 4. The van der Waals surface area contributed by atoms with E-state index in [-0.39, 0.29) is 0 Å². The van der Waals surface area contributed by atoms with Crippen LogP contribution in [0.15, 0.2) is 97.1 Å². The van der Waals surface area contributed by atoms with Crippen molar-refractivity contribution < 1.29 is 9.47 Å². The van der Waals surface area contributed by atoms with Crippen molar-refractivity contribution in [2.45, 2.75) is 0 Å². The Bertz CT molecular complexity index is 1120. The number of nitrogen functional groups attached to an aromatic ring is 2. The number of anilines is 2. The molecule has 4 heteroatoms. The summed E-state index contributed by atoms with van der Waals surface area (Å²) >= 11 is 0. The van der Waals surface area contributed by atoms with Gasteiger partial charge in [0.2, 0.25) is 0 Å². The molecule has 4 aromatic rings. The second-order valence-electron chi connectivity index (χ2n) is 6.65. The van der Waals surface area contributed by atoms with Crippen LogP contribution in [0.2, 0.25) is 0 Å². The lowest BCUT2D eigenvalue weighted by atomic mass is 10.1. The average molecular weight is 392 g/mol. The van der Waals surface area contributed by atoms with Gasteiger partial charge in [-0.2, -0.15) is 0 Å². The lowest BCUT2D eigenvalue weighted by Crippen LogP contribution is -1.91. The highest BCUT2D eigenvalue weighted by Gasteiger charge is 2.05. The molecule has 0 aromatic heterocycles. The molecule has 0 bridgehead atoms. The number of benzene rings is 4. The van der Waals surface area contributed by atoms with E-state index < -0.39 is 0 Å². The molecular formula is C26H20N2O2. The Morgan fingerprint density at radius 2 is 0.933 bits per heavy atom. The van der Waals surface area contributed by atoms with Crippen molar-refractivity contribution in [3.63, 3.8) is 0 Å². The van der Waals surface area contributed by atoms with Crippen LogP contribution in [0, 0.1) is 11.8 Å². The van der Waals surface area contributed by atoms with Crippen LogP contribution in [-0.4, -0.2) is 0 Å². The highest BCUT2D eigenvalue weighted by molar-refractivity contribution is 5.52. The maximum Gasteiger partial charge on any atom is 0.132 e. The van der Waals surface area contributed by atoms with Gasteiger partial charge < -0.3 is 20.9 Å². The molecule has 4 aromatic carbocycles. The third kappa shape index (κ3) is 5.12. The number of nitrogens with two attached hydrogens (primary N) is 2. The van der Waals surface area contributed by atoms with Gasteiger partial charge in [0.15, 0.2) is 0 Å². The second-order valence-corrected chi connectivity index (χ2v) is 6.65. The van der Waals surface area contributed by atoms with E-state index in [1.807, 2.05) is 72.8 Å². The van der Waals surface area contributed by atoms with E-state index in [2.05, 4.69) is 11.8 Å². The van der Waals surface area contributed by atoms with Gasteiger partial charge in [-0.05, 0) is 72.8 Å². The molecule has 0 aliphatic heterocycles. The average Bonchev–Trinajstić information content (AvgIpc) is 2.76. The van der Waals surface area contributed by atoms with Crippen molar-refractivity contribution in [1.29, 1.82) is 0 Å². The highest BCUT2D eigenvalue weighted by Crippen LogP contribution is 2.30. The first-order valence-electron chi connectivity index (χ1n) is 9.43. The van der Waals surface area contributed by atoms with Gasteiger partial charge in [-0.3, -0.25) is 0 Å². The topological polar surface area (TPSA) is 70.5 Å². The van der Waals surface area contributed by atoms with Crippen LogP contribution in [-0.2, 0) is 0 Å². The van der Waals surface area contributed by atoms with E-state index in [1.165, 1.54) is 0 Å². The Kier molecular flexibility index (Phi) is 5.54. The molecule has 0 aliphatic carbocycles. The Morgan fingerprint density at radius 1 is 0.467 bits per heavy atom. The van der Waals surface area contributed by atoms with Crippen LogP contribution in [0.5, 0.6) is 23.0 Å². The highest BCUT2D eigenvalue weighted by atomic mass is 16.5. The zero-order valence-corrected chi connectivity index (χ0v) is 16.2. The van der Waals surface area contributed by atoms with Gasteiger partial charge in [0.25, 0.3) is 0 Å². The molecule has 0 atom stereocenters. The molecule has 0 aliphatic rings. The molecular weight excluding hydrogens is 372 g/mol. The Morgan fingerprint density at radius 3 is 1.43 bits per heavy atom. The molecule has 4 N–H and O–H groups in total. The molecule has 0 saturated heterocycles. The van der Waals surface area contributed by atoms with Crippen LogP contribution in [0.4, 0.5) is 11.4 Å². The van der Waals surface area contributed by atoms with Gasteiger partial charge >= 0.3 is 0 Å². The van der Waals surface area contributed by atoms with Gasteiger partial charge in [0.05, 0.1) is 0 Å². The summed E-state index contributed by atoms with van der Waals surface area (Å²) < 4.78 is 12.0. The van der Waals surface area contributed by atoms with Gasteiger partial charge in [-0.15, -0.1) is 0 Å². The molecule has 4 nitrogen and oxygen atoms in total. The molecule has 0 fully saturated rings. The molecule has 0 saturated carbocycles. The predicted octanol–water partition coefficient (Wildman–Crippen LogP) is 5.84. The molecule has 4 rings (SSSR count). The Labute approximate surface area is 175 Å². The van der Waals surface area contributed by atoms with Crippen molar-refractivity contribution in [3.05, 3.63) is 108 Å². The van der Waals surface area contributed by atoms with Gasteiger partial charge in [-0.1, -0.05) is 30.0 Å². The SMILES string of the molecule is Nc1ccc(Oc2cc(C#Cc3ccccc3)cc(Oc3ccc(N)cc3)c2)cc1. The molecule has 0 radical (unpaired) electrons. The van der Waals surface area contributed by atoms with Crippen molar-refractivity contribution in [2.75, 3.05) is 11.5 Å². The lowest BCUT2D eigenvalue weighted by Gasteiger charge is -2.11. The summed E-state index contributed by atoms with van der Waals surface area (Å²) in [5.74, 6) is 8.93. The van der Waals surface area contributed by atoms with E-state index in [0.29, 0.717) is 34.4 Å². The molecule has 146 valence electrons. The quantitative estimate of drug-likeness (QED) is 0.338. The first kappa shape index (κ1) is 19.0. The maximum absolute atomic E-state index is 6.00. The van der Waals surface area contributed by atoms with E-state index in [4.69, 9.17) is 20.9 Å². The number of ether oxygens (including phenoxy) is 2. The molecule has 30 heavy (non-hydrogen) atoms. The second kappa shape index (κ2) is 8.76. The summed E-state index contributed by atoms with van der Waals surface area (Å²) in [6.07, 6.45) is 0. The van der Waals surface area contributed by atoms with Crippen LogP contribution in [0.3, 0.4) is 0 Å². The summed E-state index contributed by atoms with van der Waals surface area (Å²) in [5.41, 5.74) is 14.6. The fourth-order valence-corrected chi connectivity index (χ4v) is 2.77. The third-order valence-electron chi connectivity index (χ3n) is 4.24. The van der Waals surface area contributed by atoms with Crippen LogP contribution < -0.4 is 20.9 Å². The maximum atomic E-state index is 6.00. The number of hydrogen-bond donors (Lipinski definition) is 2. The monoisotopic (exact) mass is 392 g/mol. The predicted molar refractivity (Wildman–Crippen MR) is 121 cm³/mol. The van der Waals surface area contributed by atoms with Crippen LogP contribution in [0.1, 0.15) is 11.1 Å². The summed E-state index contributed by atoms with van der Waals surface area (Å²) in [7, 11) is 0. The van der Waals surface area contributed by atoms with Crippen molar-refractivity contribution >= 4 is 11.4 Å². The first-order valence-corrected chi connectivity index (χ1v) is 9.43.